The van der Waals surface area contributed by atoms with Crippen molar-refractivity contribution >= 4 is 5.97 Å². The first kappa shape index (κ1) is 16.7. The lowest BCUT2D eigenvalue weighted by Crippen LogP contribution is -2.23. The van der Waals surface area contributed by atoms with E-state index in [0.29, 0.717) is 23.7 Å². The number of para-hydroxylation sites is 2. The summed E-state index contributed by atoms with van der Waals surface area (Å²) in [6.07, 6.45) is 2.15. The van der Waals surface area contributed by atoms with Gasteiger partial charge in [-0.25, -0.2) is 9.48 Å². The number of aromatic nitrogens is 4. The maximum atomic E-state index is 11.5. The standard InChI is InChI=1S/C15H20N4O4/c1-3-4-7-11(15(20)21)19-14(16-17-18-19)10-23-13-9-6-5-8-12(13)22-2/h5-6,8-9,11H,3-4,7,10H2,1-2H3,(H,20,21). The number of carbonyl (C=O) groups is 1. The molecule has 0 aliphatic rings. The topological polar surface area (TPSA) is 99.4 Å². The van der Waals surface area contributed by atoms with Crippen LogP contribution in [0.3, 0.4) is 0 Å². The minimum atomic E-state index is -0.954. The van der Waals surface area contributed by atoms with Crippen LogP contribution in [-0.2, 0) is 11.4 Å². The van der Waals surface area contributed by atoms with Gasteiger partial charge in [0.25, 0.3) is 0 Å². The average Bonchev–Trinajstić information content (AvgIpc) is 3.01. The van der Waals surface area contributed by atoms with Crippen LogP contribution in [0, 0.1) is 0 Å². The molecule has 0 amide bonds. The van der Waals surface area contributed by atoms with Crippen LogP contribution in [0.25, 0.3) is 0 Å². The highest BCUT2D eigenvalue weighted by Gasteiger charge is 2.24. The number of unbranched alkanes of at least 4 members (excludes halogenated alkanes) is 1. The van der Waals surface area contributed by atoms with Crippen molar-refractivity contribution in [3.05, 3.63) is 30.1 Å². The summed E-state index contributed by atoms with van der Waals surface area (Å²) in [5, 5.41) is 20.6. The van der Waals surface area contributed by atoms with E-state index in [1.54, 1.807) is 19.2 Å². The van der Waals surface area contributed by atoms with Gasteiger partial charge in [-0.1, -0.05) is 31.9 Å². The molecule has 8 nitrogen and oxygen atoms in total. The third-order valence-electron chi connectivity index (χ3n) is 3.40. The predicted octanol–water partition coefficient (Wildman–Crippen LogP) is 2.08. The normalized spacial score (nSPS) is 11.9. The molecule has 1 N–H and O–H groups in total. The lowest BCUT2D eigenvalue weighted by molar-refractivity contribution is -0.141. The minimum absolute atomic E-state index is 0.0588. The van der Waals surface area contributed by atoms with Crippen molar-refractivity contribution in [1.82, 2.24) is 20.2 Å². The van der Waals surface area contributed by atoms with Gasteiger partial charge < -0.3 is 14.6 Å². The van der Waals surface area contributed by atoms with Gasteiger partial charge in [0, 0.05) is 0 Å². The number of ether oxygens (including phenoxy) is 2. The van der Waals surface area contributed by atoms with Crippen LogP contribution in [-0.4, -0.2) is 38.4 Å². The number of benzene rings is 1. The second-order valence-electron chi connectivity index (χ2n) is 4.98. The SMILES string of the molecule is CCCCC(C(=O)O)n1nnnc1COc1ccccc1OC. The van der Waals surface area contributed by atoms with Crippen LogP contribution in [0.2, 0.25) is 0 Å². The van der Waals surface area contributed by atoms with E-state index < -0.39 is 12.0 Å². The molecule has 0 spiro atoms. The van der Waals surface area contributed by atoms with Crippen LogP contribution < -0.4 is 9.47 Å². The molecule has 23 heavy (non-hydrogen) atoms. The first-order valence-corrected chi connectivity index (χ1v) is 7.42. The molecule has 1 aromatic heterocycles. The van der Waals surface area contributed by atoms with Crippen molar-refractivity contribution in [2.24, 2.45) is 0 Å². The summed E-state index contributed by atoms with van der Waals surface area (Å²) < 4.78 is 12.2. The fraction of sp³-hybridized carbons (Fsp3) is 0.467. The summed E-state index contributed by atoms with van der Waals surface area (Å²) in [5.41, 5.74) is 0. The van der Waals surface area contributed by atoms with Gasteiger partial charge in [-0.2, -0.15) is 0 Å². The smallest absolute Gasteiger partial charge is 0.328 e. The Morgan fingerprint density at radius 2 is 2.09 bits per heavy atom. The Balaban J connectivity index is 2.12. The Kier molecular flexibility index (Phi) is 5.90. The van der Waals surface area contributed by atoms with Crippen molar-refractivity contribution < 1.29 is 19.4 Å². The third-order valence-corrected chi connectivity index (χ3v) is 3.40. The summed E-state index contributed by atoms with van der Waals surface area (Å²) in [5.74, 6) is 0.543. The lowest BCUT2D eigenvalue weighted by atomic mass is 10.1. The van der Waals surface area contributed by atoms with Crippen molar-refractivity contribution in [2.75, 3.05) is 7.11 Å². The second-order valence-corrected chi connectivity index (χ2v) is 4.98. The van der Waals surface area contributed by atoms with Gasteiger partial charge in [0.2, 0.25) is 0 Å². The predicted molar refractivity (Wildman–Crippen MR) is 81.3 cm³/mol. The number of carboxylic acid groups (broad SMARTS) is 1. The Labute approximate surface area is 134 Å². The maximum absolute atomic E-state index is 11.5. The van der Waals surface area contributed by atoms with E-state index in [4.69, 9.17) is 9.47 Å². The van der Waals surface area contributed by atoms with Crippen LogP contribution in [0.4, 0.5) is 0 Å². The molecular weight excluding hydrogens is 300 g/mol. The molecule has 0 bridgehead atoms. The molecule has 0 saturated carbocycles. The number of carboxylic acids is 1. The number of hydrogen-bond acceptors (Lipinski definition) is 6. The first-order valence-electron chi connectivity index (χ1n) is 7.42. The molecule has 0 saturated heterocycles. The summed E-state index contributed by atoms with van der Waals surface area (Å²) in [6.45, 7) is 2.06. The molecule has 2 aromatic rings. The summed E-state index contributed by atoms with van der Waals surface area (Å²) in [7, 11) is 1.55. The van der Waals surface area contributed by atoms with E-state index in [0.717, 1.165) is 12.8 Å². The summed E-state index contributed by atoms with van der Waals surface area (Å²) in [4.78, 5) is 11.5. The molecule has 124 valence electrons. The molecule has 1 heterocycles. The second kappa shape index (κ2) is 8.11. The quantitative estimate of drug-likeness (QED) is 0.755. The molecule has 0 aliphatic carbocycles. The maximum Gasteiger partial charge on any atom is 0.328 e. The fourth-order valence-electron chi connectivity index (χ4n) is 2.18. The van der Waals surface area contributed by atoms with Gasteiger partial charge in [0.05, 0.1) is 7.11 Å². The molecular formula is C15H20N4O4. The molecule has 2 rings (SSSR count). The number of tetrazole rings is 1. The average molecular weight is 320 g/mol. The highest BCUT2D eigenvalue weighted by Crippen LogP contribution is 2.26. The van der Waals surface area contributed by atoms with Crippen molar-refractivity contribution in [2.45, 2.75) is 38.8 Å². The number of nitrogens with zero attached hydrogens (tertiary/aromatic N) is 4. The van der Waals surface area contributed by atoms with Crippen LogP contribution >= 0.6 is 0 Å². The fourth-order valence-corrected chi connectivity index (χ4v) is 2.18. The van der Waals surface area contributed by atoms with Gasteiger partial charge in [-0.15, -0.1) is 5.10 Å². The van der Waals surface area contributed by atoms with Gasteiger partial charge in [0.15, 0.2) is 23.4 Å². The number of methoxy groups -OCH3 is 1. The van der Waals surface area contributed by atoms with E-state index in [2.05, 4.69) is 15.5 Å². The Morgan fingerprint density at radius 3 is 2.74 bits per heavy atom. The summed E-state index contributed by atoms with van der Waals surface area (Å²) in [6, 6.07) is 6.41. The monoisotopic (exact) mass is 320 g/mol. The highest BCUT2D eigenvalue weighted by molar-refractivity contribution is 5.71. The van der Waals surface area contributed by atoms with Crippen LogP contribution in [0.1, 0.15) is 38.1 Å². The zero-order valence-corrected chi connectivity index (χ0v) is 13.2. The van der Waals surface area contributed by atoms with Gasteiger partial charge >= 0.3 is 5.97 Å². The van der Waals surface area contributed by atoms with Crippen LogP contribution in [0.5, 0.6) is 11.5 Å². The van der Waals surface area contributed by atoms with Crippen molar-refractivity contribution in [3.63, 3.8) is 0 Å². The molecule has 0 fully saturated rings. The molecule has 8 heteroatoms. The van der Waals surface area contributed by atoms with E-state index >= 15 is 0 Å². The Hall–Kier alpha value is -2.64. The largest absolute Gasteiger partial charge is 0.493 e. The van der Waals surface area contributed by atoms with Crippen LogP contribution in [0.15, 0.2) is 24.3 Å². The minimum Gasteiger partial charge on any atom is -0.493 e. The number of rotatable bonds is 9. The van der Waals surface area contributed by atoms with Gasteiger partial charge in [-0.05, 0) is 29.0 Å². The van der Waals surface area contributed by atoms with E-state index in [-0.39, 0.29) is 6.61 Å². The summed E-state index contributed by atoms with van der Waals surface area (Å²) >= 11 is 0. The lowest BCUT2D eigenvalue weighted by Gasteiger charge is -2.14. The Morgan fingerprint density at radius 1 is 1.35 bits per heavy atom. The van der Waals surface area contributed by atoms with Gasteiger partial charge in [0.1, 0.15) is 6.61 Å². The zero-order valence-electron chi connectivity index (χ0n) is 13.2. The van der Waals surface area contributed by atoms with E-state index in [1.807, 2.05) is 19.1 Å². The molecule has 0 aliphatic heterocycles. The number of aliphatic carboxylic acids is 1. The zero-order chi connectivity index (χ0) is 16.7. The first-order chi connectivity index (χ1) is 11.2. The van der Waals surface area contributed by atoms with Crippen molar-refractivity contribution in [1.29, 1.82) is 0 Å². The van der Waals surface area contributed by atoms with E-state index in [1.165, 1.54) is 4.68 Å². The molecule has 0 radical (unpaired) electrons. The van der Waals surface area contributed by atoms with Gasteiger partial charge in [-0.3, -0.25) is 0 Å². The number of hydrogen-bond donors (Lipinski definition) is 1. The molecule has 1 unspecified atom stereocenters. The molecule has 1 aromatic carbocycles. The van der Waals surface area contributed by atoms with E-state index in [9.17, 15) is 9.90 Å². The third kappa shape index (κ3) is 4.18. The molecule has 1 atom stereocenters. The van der Waals surface area contributed by atoms with Crippen molar-refractivity contribution in [3.8, 4) is 11.5 Å². The Bertz CT molecular complexity index is 644. The highest BCUT2D eigenvalue weighted by atomic mass is 16.5.